The van der Waals surface area contributed by atoms with Crippen molar-refractivity contribution in [3.8, 4) is 0 Å². The molecule has 0 N–H and O–H groups in total. The smallest absolute Gasteiger partial charge is 0.302 e. The molecule has 2 rings (SSSR count). The minimum atomic E-state index is -1.50. The Balaban J connectivity index is 2.61. The van der Waals surface area contributed by atoms with Gasteiger partial charge in [0.2, 0.25) is 5.79 Å². The van der Waals surface area contributed by atoms with Gasteiger partial charge in [-0.2, -0.15) is 0 Å². The van der Waals surface area contributed by atoms with Crippen molar-refractivity contribution < 1.29 is 19.0 Å². The maximum absolute atomic E-state index is 11.2. The van der Waals surface area contributed by atoms with Crippen LogP contribution >= 0.6 is 46.4 Å². The van der Waals surface area contributed by atoms with Gasteiger partial charge in [-0.3, -0.25) is 4.79 Å². The van der Waals surface area contributed by atoms with Crippen LogP contribution in [0.3, 0.4) is 0 Å². The molecule has 19 heavy (non-hydrogen) atoms. The Hall–Kier alpha value is 0.290. The molecule has 3 atom stereocenters. The maximum atomic E-state index is 11.2. The molecule has 0 spiro atoms. The topological polar surface area (TPSA) is 44.8 Å². The van der Waals surface area contributed by atoms with Crippen LogP contribution in [0.25, 0.3) is 0 Å². The molecule has 2 aliphatic rings. The molecule has 0 radical (unpaired) electrons. The number of halogens is 4. The van der Waals surface area contributed by atoms with Crippen molar-refractivity contribution in [1.29, 1.82) is 0 Å². The van der Waals surface area contributed by atoms with Crippen LogP contribution in [0.1, 0.15) is 13.3 Å². The van der Waals surface area contributed by atoms with E-state index < -0.39 is 27.6 Å². The lowest BCUT2D eigenvalue weighted by molar-refractivity contribution is -0.222. The van der Waals surface area contributed by atoms with E-state index in [-0.39, 0.29) is 16.5 Å². The molecule has 0 saturated heterocycles. The fraction of sp³-hybridized carbons (Fsp3) is 0.727. The molecule has 4 nitrogen and oxygen atoms in total. The average Bonchev–Trinajstić information content (AvgIpc) is 2.60. The van der Waals surface area contributed by atoms with Crippen LogP contribution in [0, 0.1) is 0 Å². The molecule has 0 amide bonds. The van der Waals surface area contributed by atoms with E-state index in [1.54, 1.807) is 0 Å². The van der Waals surface area contributed by atoms with Gasteiger partial charge in [-0.15, -0.1) is 23.2 Å². The van der Waals surface area contributed by atoms with E-state index in [1.807, 2.05) is 0 Å². The van der Waals surface area contributed by atoms with Gasteiger partial charge in [0.1, 0.15) is 11.0 Å². The van der Waals surface area contributed by atoms with E-state index in [0.717, 1.165) is 0 Å². The normalized spacial score (nSPS) is 39.8. The standard InChI is InChI=1S/C11H12Cl4O4/c1-5(16)19-6-4-9(14)7(12)8(13)10(6,15)11(9,17-2)18-3/h6H,4H2,1-3H3/t6-,9+,10-/m1/s1. The Labute approximate surface area is 130 Å². The van der Waals surface area contributed by atoms with Gasteiger partial charge >= 0.3 is 5.97 Å². The first-order chi connectivity index (χ1) is 8.71. The largest absolute Gasteiger partial charge is 0.460 e. The molecule has 2 aliphatic carbocycles. The Bertz CT molecular complexity index is 462. The van der Waals surface area contributed by atoms with E-state index in [1.165, 1.54) is 21.1 Å². The van der Waals surface area contributed by atoms with Crippen molar-refractivity contribution in [3.63, 3.8) is 0 Å². The van der Waals surface area contributed by atoms with E-state index in [9.17, 15) is 4.79 Å². The molecule has 0 unspecified atom stereocenters. The van der Waals surface area contributed by atoms with Gasteiger partial charge < -0.3 is 14.2 Å². The molecular weight excluding hydrogens is 338 g/mol. The summed E-state index contributed by atoms with van der Waals surface area (Å²) < 4.78 is 16.0. The summed E-state index contributed by atoms with van der Waals surface area (Å²) in [7, 11) is 2.77. The summed E-state index contributed by atoms with van der Waals surface area (Å²) in [6.07, 6.45) is -0.645. The van der Waals surface area contributed by atoms with E-state index in [0.29, 0.717) is 0 Å². The second-order valence-electron chi connectivity index (χ2n) is 4.47. The van der Waals surface area contributed by atoms with Crippen LogP contribution in [0.5, 0.6) is 0 Å². The van der Waals surface area contributed by atoms with Gasteiger partial charge in [0, 0.05) is 27.6 Å². The van der Waals surface area contributed by atoms with Crippen molar-refractivity contribution in [2.24, 2.45) is 0 Å². The number of esters is 1. The molecule has 108 valence electrons. The lowest BCUT2D eigenvalue weighted by atomic mass is 10.0. The van der Waals surface area contributed by atoms with Crippen molar-refractivity contribution in [2.45, 2.75) is 35.0 Å². The van der Waals surface area contributed by atoms with E-state index >= 15 is 0 Å². The zero-order valence-corrected chi connectivity index (χ0v) is 13.5. The summed E-state index contributed by atoms with van der Waals surface area (Å²) in [6, 6.07) is 0. The third-order valence-corrected chi connectivity index (χ3v) is 6.22. The first-order valence-electron chi connectivity index (χ1n) is 5.43. The summed E-state index contributed by atoms with van der Waals surface area (Å²) >= 11 is 25.5. The highest BCUT2D eigenvalue weighted by molar-refractivity contribution is 6.52. The monoisotopic (exact) mass is 348 g/mol. The molecule has 0 aromatic rings. The number of ether oxygens (including phenoxy) is 3. The number of carbonyl (C=O) groups excluding carboxylic acids is 1. The van der Waals surface area contributed by atoms with Gasteiger partial charge in [0.25, 0.3) is 0 Å². The molecule has 0 aromatic heterocycles. The predicted octanol–water partition coefficient (Wildman–Crippen LogP) is 2.97. The van der Waals surface area contributed by atoms with Crippen molar-refractivity contribution in [1.82, 2.24) is 0 Å². The van der Waals surface area contributed by atoms with Crippen LogP contribution < -0.4 is 0 Å². The first-order valence-corrected chi connectivity index (χ1v) is 6.94. The third kappa shape index (κ3) is 1.59. The highest BCUT2D eigenvalue weighted by atomic mass is 35.5. The molecule has 0 aromatic carbocycles. The number of rotatable bonds is 3. The number of hydrogen-bond acceptors (Lipinski definition) is 4. The number of hydrogen-bond donors (Lipinski definition) is 0. The average molecular weight is 350 g/mol. The minimum absolute atomic E-state index is 0.0760. The highest BCUT2D eigenvalue weighted by Crippen LogP contribution is 2.70. The maximum Gasteiger partial charge on any atom is 0.302 e. The fourth-order valence-corrected chi connectivity index (χ4v) is 4.88. The molecular formula is C11H12Cl4O4. The lowest BCUT2D eigenvalue weighted by Gasteiger charge is -2.40. The SMILES string of the molecule is COC1(OC)[C@]2(Cl)C[C@@H](OC(C)=O)[C@@]1(Cl)C(Cl)=C2Cl. The van der Waals surface area contributed by atoms with Crippen molar-refractivity contribution in [2.75, 3.05) is 14.2 Å². The van der Waals surface area contributed by atoms with Crippen LogP contribution in [-0.2, 0) is 19.0 Å². The Morgan fingerprint density at radius 1 is 1.21 bits per heavy atom. The molecule has 1 fully saturated rings. The van der Waals surface area contributed by atoms with E-state index in [2.05, 4.69) is 0 Å². The summed E-state index contributed by atoms with van der Waals surface area (Å²) in [5.74, 6) is -2.00. The number of alkyl halides is 2. The summed E-state index contributed by atoms with van der Waals surface area (Å²) in [4.78, 5) is 8.44. The zero-order chi connectivity index (χ0) is 14.6. The van der Waals surface area contributed by atoms with Crippen LogP contribution in [-0.4, -0.2) is 41.8 Å². The Morgan fingerprint density at radius 3 is 2.11 bits per heavy atom. The van der Waals surface area contributed by atoms with Gasteiger partial charge in [-0.25, -0.2) is 0 Å². The second-order valence-corrected chi connectivity index (χ2v) is 6.47. The van der Waals surface area contributed by atoms with Gasteiger partial charge in [0.15, 0.2) is 4.87 Å². The molecule has 1 saturated carbocycles. The number of methoxy groups -OCH3 is 2. The van der Waals surface area contributed by atoms with Gasteiger partial charge in [-0.1, -0.05) is 23.2 Å². The number of fused-ring (bicyclic) bond motifs is 2. The minimum Gasteiger partial charge on any atom is -0.460 e. The van der Waals surface area contributed by atoms with Crippen LogP contribution in [0.4, 0.5) is 0 Å². The van der Waals surface area contributed by atoms with Gasteiger partial charge in [0.05, 0.1) is 10.1 Å². The Morgan fingerprint density at radius 2 is 1.74 bits per heavy atom. The fourth-order valence-electron chi connectivity index (χ4n) is 2.91. The molecule has 0 aliphatic heterocycles. The Kier molecular flexibility index (Phi) is 3.84. The van der Waals surface area contributed by atoms with Gasteiger partial charge in [-0.05, 0) is 0 Å². The second kappa shape index (κ2) is 4.65. The molecule has 2 bridgehead atoms. The van der Waals surface area contributed by atoms with Crippen molar-refractivity contribution >= 4 is 52.4 Å². The molecule has 8 heteroatoms. The van der Waals surface area contributed by atoms with Crippen LogP contribution in [0.15, 0.2) is 10.1 Å². The lowest BCUT2D eigenvalue weighted by Crippen LogP contribution is -2.58. The summed E-state index contributed by atoms with van der Waals surface area (Å²) in [5, 5.41) is 0.227. The summed E-state index contributed by atoms with van der Waals surface area (Å²) in [6.45, 7) is 1.27. The molecule has 0 heterocycles. The first kappa shape index (κ1) is 15.7. The van der Waals surface area contributed by atoms with Crippen molar-refractivity contribution in [3.05, 3.63) is 10.1 Å². The number of carbonyl (C=O) groups is 1. The quantitative estimate of drug-likeness (QED) is 0.446. The third-order valence-electron chi connectivity index (χ3n) is 3.65. The predicted molar refractivity (Wildman–Crippen MR) is 72.8 cm³/mol. The zero-order valence-electron chi connectivity index (χ0n) is 10.4. The highest BCUT2D eigenvalue weighted by Gasteiger charge is 2.82. The van der Waals surface area contributed by atoms with Crippen LogP contribution in [0.2, 0.25) is 0 Å². The summed E-state index contributed by atoms with van der Waals surface area (Å²) in [5.41, 5.74) is 0. The van der Waals surface area contributed by atoms with E-state index in [4.69, 9.17) is 60.6 Å².